The summed E-state index contributed by atoms with van der Waals surface area (Å²) >= 11 is 1.73. The Morgan fingerprint density at radius 3 is 2.88 bits per heavy atom. The lowest BCUT2D eigenvalue weighted by Crippen LogP contribution is -2.44. The van der Waals surface area contributed by atoms with Gasteiger partial charge in [0.1, 0.15) is 5.82 Å². The number of carbonyl (C=O) groups excluding carboxylic acids is 2. The third kappa shape index (κ3) is 6.74. The minimum Gasteiger partial charge on any atom is -0.342 e. The molecule has 2 N–H and O–H groups in total. The van der Waals surface area contributed by atoms with Gasteiger partial charge in [0.25, 0.3) is 0 Å². The maximum Gasteiger partial charge on any atom is 0.319 e. The zero-order chi connectivity index (χ0) is 23.0. The minimum atomic E-state index is -0.394. The molecule has 1 fully saturated rings. The first-order chi connectivity index (χ1) is 16.1. The molecule has 1 unspecified atom stereocenters. The molecule has 1 aliphatic rings. The van der Waals surface area contributed by atoms with Crippen molar-refractivity contribution < 1.29 is 14.0 Å². The number of halogens is 1. The van der Waals surface area contributed by atoms with Crippen LogP contribution in [-0.4, -0.2) is 41.5 Å². The fourth-order valence-corrected chi connectivity index (χ4v) is 5.18. The summed E-state index contributed by atoms with van der Waals surface area (Å²) in [6.45, 7) is 1.93. The van der Waals surface area contributed by atoms with Gasteiger partial charge >= 0.3 is 6.03 Å². The van der Waals surface area contributed by atoms with Crippen LogP contribution in [0.25, 0.3) is 10.2 Å². The van der Waals surface area contributed by atoms with Gasteiger partial charge < -0.3 is 15.5 Å². The molecule has 3 amide bonds. The van der Waals surface area contributed by atoms with Crippen molar-refractivity contribution in [1.29, 1.82) is 0 Å². The molecule has 2 heterocycles. The van der Waals surface area contributed by atoms with Gasteiger partial charge in [0, 0.05) is 31.7 Å². The lowest BCUT2D eigenvalue weighted by Gasteiger charge is -2.33. The van der Waals surface area contributed by atoms with Gasteiger partial charge in [0.15, 0.2) is 0 Å². The Morgan fingerprint density at radius 1 is 1.15 bits per heavy atom. The van der Waals surface area contributed by atoms with E-state index in [1.165, 1.54) is 16.8 Å². The Morgan fingerprint density at radius 2 is 2.03 bits per heavy atom. The molecule has 33 heavy (non-hydrogen) atoms. The Bertz CT molecular complexity index is 1070. The third-order valence-corrected chi connectivity index (χ3v) is 6.97. The fourth-order valence-electron chi connectivity index (χ4n) is 4.17. The normalized spacial score (nSPS) is 16.0. The number of carbonyl (C=O) groups is 2. The largest absolute Gasteiger partial charge is 0.342 e. The van der Waals surface area contributed by atoms with Crippen LogP contribution in [-0.2, 0) is 11.2 Å². The molecular formula is C25H29FN4O2S. The number of hydrogen-bond donors (Lipinski definition) is 2. The number of amides is 3. The number of aromatic nitrogens is 1. The van der Waals surface area contributed by atoms with E-state index in [9.17, 15) is 14.0 Å². The van der Waals surface area contributed by atoms with E-state index < -0.39 is 5.82 Å². The Labute approximate surface area is 197 Å². The van der Waals surface area contributed by atoms with Crippen molar-refractivity contribution in [3.8, 4) is 0 Å². The molecular weight excluding hydrogens is 439 g/mol. The summed E-state index contributed by atoms with van der Waals surface area (Å²) in [5, 5.41) is 6.61. The van der Waals surface area contributed by atoms with Crippen molar-refractivity contribution in [3.63, 3.8) is 0 Å². The molecule has 1 aromatic heterocycles. The molecule has 0 saturated carbocycles. The average Bonchev–Trinajstić information content (AvgIpc) is 3.23. The molecule has 174 valence electrons. The molecule has 6 nitrogen and oxygen atoms in total. The first-order valence-corrected chi connectivity index (χ1v) is 12.3. The summed E-state index contributed by atoms with van der Waals surface area (Å²) < 4.78 is 14.5. The third-order valence-electron chi connectivity index (χ3n) is 5.87. The predicted molar refractivity (Wildman–Crippen MR) is 130 cm³/mol. The second kappa shape index (κ2) is 11.2. The van der Waals surface area contributed by atoms with E-state index in [1.807, 2.05) is 23.1 Å². The molecule has 0 aliphatic carbocycles. The van der Waals surface area contributed by atoms with Gasteiger partial charge in [0.05, 0.1) is 15.2 Å². The molecule has 2 aromatic carbocycles. The smallest absolute Gasteiger partial charge is 0.319 e. The second-order valence-electron chi connectivity index (χ2n) is 8.48. The van der Waals surface area contributed by atoms with Crippen molar-refractivity contribution in [2.45, 2.75) is 38.5 Å². The predicted octanol–water partition coefficient (Wildman–Crippen LogP) is 5.21. The van der Waals surface area contributed by atoms with E-state index in [0.29, 0.717) is 25.2 Å². The number of urea groups is 1. The number of aryl methyl sites for hydroxylation is 1. The van der Waals surface area contributed by atoms with Gasteiger partial charge in [-0.05, 0) is 68.4 Å². The maximum absolute atomic E-state index is 13.2. The lowest BCUT2D eigenvalue weighted by molar-refractivity contribution is -0.133. The maximum atomic E-state index is 13.2. The molecule has 0 bridgehead atoms. The van der Waals surface area contributed by atoms with E-state index in [-0.39, 0.29) is 17.9 Å². The highest BCUT2D eigenvalue weighted by Crippen LogP contribution is 2.23. The SMILES string of the molecule is O=C(NCC1CCCN(C(=O)CCCCc2nc3ccccc3s2)C1)Nc1cccc(F)c1. The Balaban J connectivity index is 1.15. The number of rotatable bonds is 8. The molecule has 0 radical (unpaired) electrons. The Kier molecular flexibility index (Phi) is 7.88. The van der Waals surface area contributed by atoms with Gasteiger partial charge in [-0.3, -0.25) is 4.79 Å². The van der Waals surface area contributed by atoms with Crippen LogP contribution in [0.3, 0.4) is 0 Å². The first kappa shape index (κ1) is 23.2. The lowest BCUT2D eigenvalue weighted by atomic mass is 9.97. The number of anilines is 1. The van der Waals surface area contributed by atoms with Crippen LogP contribution in [0.15, 0.2) is 48.5 Å². The highest BCUT2D eigenvalue weighted by Gasteiger charge is 2.23. The number of likely N-dealkylation sites (tertiary alicyclic amines) is 1. The van der Waals surface area contributed by atoms with Crippen molar-refractivity contribution in [3.05, 3.63) is 59.4 Å². The highest BCUT2D eigenvalue weighted by atomic mass is 32.1. The standard InChI is InChI=1S/C25H29FN4O2S/c26-19-8-5-9-20(15-19)28-25(32)27-16-18-7-6-14-30(17-18)24(31)13-4-3-12-23-29-21-10-1-2-11-22(21)33-23/h1-2,5,8-11,15,18H,3-4,6-7,12-14,16-17H2,(H2,27,28,32). The van der Waals surface area contributed by atoms with Crippen molar-refractivity contribution >= 4 is 39.2 Å². The molecule has 1 atom stereocenters. The molecule has 8 heteroatoms. The van der Waals surface area contributed by atoms with Crippen LogP contribution in [0.1, 0.15) is 37.1 Å². The van der Waals surface area contributed by atoms with Gasteiger partial charge in [0.2, 0.25) is 5.91 Å². The topological polar surface area (TPSA) is 74.3 Å². The number of hydrogen-bond acceptors (Lipinski definition) is 4. The Hall–Kier alpha value is -3.00. The molecule has 1 saturated heterocycles. The number of benzene rings is 2. The van der Waals surface area contributed by atoms with Gasteiger partial charge in [-0.15, -0.1) is 11.3 Å². The second-order valence-corrected chi connectivity index (χ2v) is 9.59. The fraction of sp³-hybridized carbons (Fsp3) is 0.400. The number of nitrogens with one attached hydrogen (secondary N) is 2. The number of nitrogens with zero attached hydrogens (tertiary/aromatic N) is 2. The van der Waals surface area contributed by atoms with Gasteiger partial charge in [-0.1, -0.05) is 18.2 Å². The number of thiazole rings is 1. The zero-order valence-corrected chi connectivity index (χ0v) is 19.4. The highest BCUT2D eigenvalue weighted by molar-refractivity contribution is 7.18. The molecule has 0 spiro atoms. The van der Waals surface area contributed by atoms with Gasteiger partial charge in [-0.2, -0.15) is 0 Å². The number of unbranched alkanes of at least 4 members (excludes halogenated alkanes) is 1. The first-order valence-electron chi connectivity index (χ1n) is 11.5. The number of fused-ring (bicyclic) bond motifs is 1. The summed E-state index contributed by atoms with van der Waals surface area (Å²) in [6.07, 6.45) is 5.16. The monoisotopic (exact) mass is 468 g/mol. The van der Waals surface area contributed by atoms with Crippen molar-refractivity contribution in [2.75, 3.05) is 25.0 Å². The summed E-state index contributed by atoms with van der Waals surface area (Å²) in [7, 11) is 0. The number of piperidine rings is 1. The minimum absolute atomic E-state index is 0.188. The summed E-state index contributed by atoms with van der Waals surface area (Å²) in [5.74, 6) is 0.0197. The van der Waals surface area contributed by atoms with Crippen LogP contribution < -0.4 is 10.6 Å². The molecule has 1 aliphatic heterocycles. The van der Waals surface area contributed by atoms with Crippen LogP contribution in [0.5, 0.6) is 0 Å². The summed E-state index contributed by atoms with van der Waals surface area (Å²) in [5.41, 5.74) is 1.46. The van der Waals surface area contributed by atoms with Crippen LogP contribution in [0.2, 0.25) is 0 Å². The van der Waals surface area contributed by atoms with E-state index in [4.69, 9.17) is 0 Å². The summed E-state index contributed by atoms with van der Waals surface area (Å²) in [4.78, 5) is 31.4. The van der Waals surface area contributed by atoms with Crippen LogP contribution in [0.4, 0.5) is 14.9 Å². The van der Waals surface area contributed by atoms with E-state index in [1.54, 1.807) is 23.5 Å². The van der Waals surface area contributed by atoms with Gasteiger partial charge in [-0.25, -0.2) is 14.2 Å². The van der Waals surface area contributed by atoms with E-state index in [0.717, 1.165) is 49.2 Å². The van der Waals surface area contributed by atoms with Crippen LogP contribution in [0, 0.1) is 11.7 Å². The van der Waals surface area contributed by atoms with Crippen molar-refractivity contribution in [1.82, 2.24) is 15.2 Å². The average molecular weight is 469 g/mol. The molecule has 4 rings (SSSR count). The van der Waals surface area contributed by atoms with E-state index in [2.05, 4.69) is 21.7 Å². The van der Waals surface area contributed by atoms with E-state index >= 15 is 0 Å². The van der Waals surface area contributed by atoms with Crippen LogP contribution >= 0.6 is 11.3 Å². The zero-order valence-electron chi connectivity index (χ0n) is 18.6. The van der Waals surface area contributed by atoms with Crippen molar-refractivity contribution in [2.24, 2.45) is 5.92 Å². The summed E-state index contributed by atoms with van der Waals surface area (Å²) in [6, 6.07) is 13.6. The molecule has 3 aromatic rings. The quantitative estimate of drug-likeness (QED) is 0.446. The number of para-hydroxylation sites is 1.